The van der Waals surface area contributed by atoms with Crippen LogP contribution in [0.2, 0.25) is 0 Å². The normalized spacial score (nSPS) is 16.5. The minimum atomic E-state index is -0.142. The minimum Gasteiger partial charge on any atom is -0.383 e. The van der Waals surface area contributed by atoms with Gasteiger partial charge in [0, 0.05) is 12.8 Å². The average molecular weight is 167 g/mol. The molecule has 5 nitrogen and oxygen atoms in total. The Morgan fingerprint density at radius 1 is 1.42 bits per heavy atom. The molecular formula is C7H11N4O+. The zero-order valence-corrected chi connectivity index (χ0v) is 6.61. The molecule has 0 spiro atoms. The van der Waals surface area contributed by atoms with Gasteiger partial charge in [-0.1, -0.05) is 0 Å². The van der Waals surface area contributed by atoms with E-state index in [2.05, 4.69) is 15.2 Å². The molecule has 0 aromatic carbocycles. The van der Waals surface area contributed by atoms with E-state index in [4.69, 9.17) is 5.73 Å². The van der Waals surface area contributed by atoms with Crippen molar-refractivity contribution in [1.29, 1.82) is 0 Å². The summed E-state index contributed by atoms with van der Waals surface area (Å²) in [5, 5.41) is 5.04. The predicted octanol–water partition coefficient (Wildman–Crippen LogP) is -2.05. The van der Waals surface area contributed by atoms with E-state index in [0.29, 0.717) is 11.4 Å². The van der Waals surface area contributed by atoms with Gasteiger partial charge in [-0.15, -0.1) is 0 Å². The van der Waals surface area contributed by atoms with Crippen molar-refractivity contribution in [2.75, 3.05) is 12.3 Å². The van der Waals surface area contributed by atoms with Crippen LogP contribution < -0.4 is 16.3 Å². The zero-order chi connectivity index (χ0) is 8.55. The third-order valence-electron chi connectivity index (χ3n) is 2.05. The number of hydrogen-bond donors (Lipinski definition) is 4. The van der Waals surface area contributed by atoms with E-state index in [1.54, 1.807) is 0 Å². The van der Waals surface area contributed by atoms with Crippen LogP contribution in [0.25, 0.3) is 0 Å². The summed E-state index contributed by atoms with van der Waals surface area (Å²) in [5.74, 6) is 0.421. The van der Waals surface area contributed by atoms with E-state index in [-0.39, 0.29) is 5.56 Å². The van der Waals surface area contributed by atoms with Crippen LogP contribution in [-0.4, -0.2) is 22.5 Å². The molecule has 0 saturated carbocycles. The lowest BCUT2D eigenvalue weighted by Gasteiger charge is -1.88. The maximum absolute atomic E-state index is 11.2. The Labute approximate surface area is 68.7 Å². The Morgan fingerprint density at radius 3 is 2.75 bits per heavy atom. The molecule has 0 atom stereocenters. The largest absolute Gasteiger partial charge is 0.383 e. The molecule has 0 amide bonds. The molecule has 0 unspecified atom stereocenters. The summed E-state index contributed by atoms with van der Waals surface area (Å²) in [6, 6.07) is 0. The number of nitrogens with two attached hydrogens (primary N) is 1. The van der Waals surface area contributed by atoms with Crippen LogP contribution in [-0.2, 0) is 0 Å². The first-order valence-electron chi connectivity index (χ1n) is 3.95. The maximum atomic E-state index is 11.2. The fourth-order valence-corrected chi connectivity index (χ4v) is 1.48. The van der Waals surface area contributed by atoms with E-state index in [1.807, 2.05) is 0 Å². The molecule has 64 valence electrons. The lowest BCUT2D eigenvalue weighted by atomic mass is 10.1. The van der Waals surface area contributed by atoms with Crippen LogP contribution in [0.5, 0.6) is 0 Å². The van der Waals surface area contributed by atoms with Gasteiger partial charge >= 0.3 is 0 Å². The van der Waals surface area contributed by atoms with Gasteiger partial charge in [-0.2, -0.15) is 0 Å². The van der Waals surface area contributed by atoms with Crippen molar-refractivity contribution in [2.24, 2.45) is 0 Å². The van der Waals surface area contributed by atoms with Crippen LogP contribution in [0.15, 0.2) is 4.79 Å². The monoisotopic (exact) mass is 167 g/mol. The molecule has 1 aliphatic rings. The Kier molecular flexibility index (Phi) is 1.49. The quantitative estimate of drug-likeness (QED) is 0.388. The first-order valence-corrected chi connectivity index (χ1v) is 3.95. The average Bonchev–Trinajstić information content (AvgIpc) is 2.61. The first-order chi connectivity index (χ1) is 5.79. The summed E-state index contributed by atoms with van der Waals surface area (Å²) in [6.07, 6.45) is 1.98. The summed E-state index contributed by atoms with van der Waals surface area (Å²) in [6.45, 7) is 0.930. The third-order valence-corrected chi connectivity index (χ3v) is 2.05. The number of aromatic nitrogens is 2. The van der Waals surface area contributed by atoms with E-state index in [9.17, 15) is 4.79 Å². The van der Waals surface area contributed by atoms with Crippen LogP contribution in [0, 0.1) is 0 Å². The number of H-pyrrole nitrogens is 2. The van der Waals surface area contributed by atoms with Gasteiger partial charge in [-0.25, -0.2) is 4.99 Å². The summed E-state index contributed by atoms with van der Waals surface area (Å²) in [4.78, 5) is 14.3. The van der Waals surface area contributed by atoms with Crippen LogP contribution >= 0.6 is 0 Å². The van der Waals surface area contributed by atoms with Gasteiger partial charge in [0.05, 0.1) is 0 Å². The summed E-state index contributed by atoms with van der Waals surface area (Å²) in [5.41, 5.74) is 6.96. The fraction of sp³-hybridized carbons (Fsp3) is 0.429. The highest BCUT2D eigenvalue weighted by molar-refractivity contribution is 6.00. The molecule has 12 heavy (non-hydrogen) atoms. The molecule has 0 saturated heterocycles. The number of hydrogen-bond acceptors (Lipinski definition) is 2. The Morgan fingerprint density at radius 2 is 2.25 bits per heavy atom. The van der Waals surface area contributed by atoms with Gasteiger partial charge < -0.3 is 5.73 Å². The van der Waals surface area contributed by atoms with Crippen molar-refractivity contribution in [3.63, 3.8) is 0 Å². The topological polar surface area (TPSA) is 88.6 Å². The summed E-state index contributed by atoms with van der Waals surface area (Å²) < 4.78 is 0. The number of aromatic amines is 2. The van der Waals surface area contributed by atoms with E-state index < -0.39 is 0 Å². The highest BCUT2D eigenvalue weighted by Crippen LogP contribution is 2.05. The number of rotatable bonds is 1. The molecular weight excluding hydrogens is 156 g/mol. The van der Waals surface area contributed by atoms with Crippen molar-refractivity contribution in [2.45, 2.75) is 12.8 Å². The number of nitrogen functional groups attached to an aromatic ring is 1. The van der Waals surface area contributed by atoms with Gasteiger partial charge in [0.2, 0.25) is 0 Å². The molecule has 0 radical (unpaired) electrons. The lowest BCUT2D eigenvalue weighted by Crippen LogP contribution is -2.70. The minimum absolute atomic E-state index is 0.142. The van der Waals surface area contributed by atoms with Crippen molar-refractivity contribution in [3.05, 3.63) is 15.9 Å². The van der Waals surface area contributed by atoms with E-state index in [0.717, 1.165) is 25.1 Å². The second kappa shape index (κ2) is 2.51. The molecule has 0 fully saturated rings. The van der Waals surface area contributed by atoms with Crippen LogP contribution in [0.1, 0.15) is 18.4 Å². The Balaban J connectivity index is 2.51. The second-order valence-electron chi connectivity index (χ2n) is 2.88. The zero-order valence-electron chi connectivity index (χ0n) is 6.61. The molecule has 5 N–H and O–H groups in total. The van der Waals surface area contributed by atoms with Crippen molar-refractivity contribution in [3.8, 4) is 0 Å². The smallest absolute Gasteiger partial charge is 0.279 e. The molecule has 1 aromatic heterocycles. The SMILES string of the molecule is Nc1[nH][nH]c(=O)c1C1=[NH+]CCC1. The van der Waals surface area contributed by atoms with Gasteiger partial charge in [0.1, 0.15) is 17.9 Å². The van der Waals surface area contributed by atoms with Crippen LogP contribution in [0.4, 0.5) is 5.82 Å². The van der Waals surface area contributed by atoms with Crippen LogP contribution in [0.3, 0.4) is 0 Å². The molecule has 1 aliphatic heterocycles. The predicted molar refractivity (Wildman–Crippen MR) is 45.0 cm³/mol. The van der Waals surface area contributed by atoms with Crippen molar-refractivity contribution >= 4 is 11.5 Å². The number of anilines is 1. The Bertz CT molecular complexity index is 373. The van der Waals surface area contributed by atoms with Gasteiger partial charge in [-0.3, -0.25) is 15.0 Å². The second-order valence-corrected chi connectivity index (χ2v) is 2.88. The third kappa shape index (κ3) is 0.939. The molecule has 2 rings (SSSR count). The maximum Gasteiger partial charge on any atom is 0.279 e. The molecule has 1 aromatic rings. The van der Waals surface area contributed by atoms with E-state index in [1.165, 1.54) is 0 Å². The lowest BCUT2D eigenvalue weighted by molar-refractivity contribution is -0.446. The van der Waals surface area contributed by atoms with Crippen molar-refractivity contribution < 1.29 is 4.99 Å². The van der Waals surface area contributed by atoms with Gasteiger partial charge in [0.15, 0.2) is 5.71 Å². The highest BCUT2D eigenvalue weighted by Gasteiger charge is 2.22. The molecule has 5 heteroatoms. The highest BCUT2D eigenvalue weighted by atomic mass is 16.1. The summed E-state index contributed by atoms with van der Waals surface area (Å²) >= 11 is 0. The Hall–Kier alpha value is -1.52. The van der Waals surface area contributed by atoms with E-state index >= 15 is 0 Å². The molecule has 0 bridgehead atoms. The summed E-state index contributed by atoms with van der Waals surface area (Å²) in [7, 11) is 0. The molecule has 0 aliphatic carbocycles. The van der Waals surface area contributed by atoms with Crippen molar-refractivity contribution in [1.82, 2.24) is 10.2 Å². The first kappa shape index (κ1) is 7.15. The standard InChI is InChI=1S/C7H10N4O/c8-6-5(7(12)11-10-6)4-2-1-3-9-4/h1-3H2,(H4,8,10,11,12)/p+1. The van der Waals surface area contributed by atoms with Gasteiger partial charge in [-0.05, 0) is 0 Å². The number of nitrogens with one attached hydrogen (secondary N) is 3. The van der Waals surface area contributed by atoms with Gasteiger partial charge in [0.25, 0.3) is 5.56 Å². The fourth-order valence-electron chi connectivity index (χ4n) is 1.48. The molecule has 2 heterocycles.